The van der Waals surface area contributed by atoms with Gasteiger partial charge in [0.15, 0.2) is 0 Å². The van der Waals surface area contributed by atoms with Gasteiger partial charge in [0.05, 0.1) is 4.90 Å². The van der Waals surface area contributed by atoms with Gasteiger partial charge in [0.1, 0.15) is 0 Å². The number of hydrogen-bond acceptors (Lipinski definition) is 4. The zero-order chi connectivity index (χ0) is 16.3. The number of nitrogens with one attached hydrogen (secondary N) is 1. The highest BCUT2D eigenvalue weighted by Gasteiger charge is 2.34. The van der Waals surface area contributed by atoms with E-state index in [4.69, 9.17) is 5.73 Å². The number of anilines is 1. The van der Waals surface area contributed by atoms with Crippen LogP contribution in [0.2, 0.25) is 0 Å². The lowest BCUT2D eigenvalue weighted by molar-refractivity contribution is -0.114. The summed E-state index contributed by atoms with van der Waals surface area (Å²) in [5.41, 5.74) is 5.58. The first-order valence-corrected chi connectivity index (χ1v) is 8.19. The number of rotatable bonds is 6. The number of likely N-dealkylation sites (N-methyl/N-ethyl adjacent to an activating group) is 1. The van der Waals surface area contributed by atoms with Gasteiger partial charge >= 0.3 is 0 Å². The Hall–Kier alpha value is -1.44. The van der Waals surface area contributed by atoms with Crippen molar-refractivity contribution in [2.24, 2.45) is 5.73 Å². The molecule has 0 saturated carbocycles. The van der Waals surface area contributed by atoms with E-state index in [1.165, 1.54) is 23.4 Å². The molecule has 3 N–H and O–H groups in total. The molecule has 0 atom stereocenters. The fourth-order valence-corrected chi connectivity index (χ4v) is 3.87. The van der Waals surface area contributed by atoms with Crippen LogP contribution in [0, 0.1) is 0 Å². The third kappa shape index (κ3) is 4.03. The van der Waals surface area contributed by atoms with Gasteiger partial charge in [-0.1, -0.05) is 6.92 Å². The van der Waals surface area contributed by atoms with Crippen LogP contribution in [-0.2, 0) is 14.8 Å². The monoisotopic (exact) mass is 313 g/mol. The highest BCUT2D eigenvalue weighted by Crippen LogP contribution is 2.24. The van der Waals surface area contributed by atoms with E-state index in [-0.39, 0.29) is 17.3 Å². The van der Waals surface area contributed by atoms with Crippen molar-refractivity contribution in [3.8, 4) is 0 Å². The van der Waals surface area contributed by atoms with Crippen molar-refractivity contribution in [1.29, 1.82) is 0 Å². The van der Waals surface area contributed by atoms with Crippen molar-refractivity contribution >= 4 is 21.6 Å². The lowest BCUT2D eigenvalue weighted by atomic mass is 10.1. The van der Waals surface area contributed by atoms with Crippen molar-refractivity contribution < 1.29 is 13.2 Å². The molecular weight excluding hydrogens is 290 g/mol. The summed E-state index contributed by atoms with van der Waals surface area (Å²) in [6.07, 6.45) is 0. The predicted octanol–water partition coefficient (Wildman–Crippen LogP) is 1.39. The van der Waals surface area contributed by atoms with E-state index in [9.17, 15) is 13.2 Å². The summed E-state index contributed by atoms with van der Waals surface area (Å²) in [4.78, 5) is 11.1. The normalized spacial score (nSPS) is 12.5. The predicted molar refractivity (Wildman–Crippen MR) is 83.4 cm³/mol. The van der Waals surface area contributed by atoms with Crippen molar-refractivity contribution in [1.82, 2.24) is 4.31 Å². The molecule has 1 amide bonds. The summed E-state index contributed by atoms with van der Waals surface area (Å²) in [5, 5.41) is 2.60. The van der Waals surface area contributed by atoms with Gasteiger partial charge in [0, 0.05) is 31.2 Å². The summed E-state index contributed by atoms with van der Waals surface area (Å²) in [6.45, 7) is 7.32. The fraction of sp³-hybridized carbons (Fsp3) is 0.500. The van der Waals surface area contributed by atoms with Gasteiger partial charge in [0.25, 0.3) is 0 Å². The molecular formula is C14H23N3O3S. The van der Waals surface area contributed by atoms with Gasteiger partial charge < -0.3 is 11.1 Å². The van der Waals surface area contributed by atoms with Gasteiger partial charge in [-0.25, -0.2) is 8.42 Å². The zero-order valence-corrected chi connectivity index (χ0v) is 13.7. The van der Waals surface area contributed by atoms with Gasteiger partial charge in [-0.3, -0.25) is 4.79 Å². The van der Waals surface area contributed by atoms with Crippen molar-refractivity contribution in [2.75, 3.05) is 18.4 Å². The number of sulfonamides is 1. The molecule has 0 heterocycles. The second kappa shape index (κ2) is 6.55. The number of benzene rings is 1. The maximum absolute atomic E-state index is 12.7. The molecule has 0 unspecified atom stereocenters. The Labute approximate surface area is 126 Å². The molecule has 0 saturated heterocycles. The molecule has 0 fully saturated rings. The Bertz CT molecular complexity index is 594. The second-order valence-corrected chi connectivity index (χ2v) is 7.25. The molecule has 0 bridgehead atoms. The smallest absolute Gasteiger partial charge is 0.243 e. The van der Waals surface area contributed by atoms with Crippen molar-refractivity contribution in [3.05, 3.63) is 24.3 Å². The molecule has 0 aliphatic heterocycles. The third-order valence-corrected chi connectivity index (χ3v) is 5.43. The van der Waals surface area contributed by atoms with Crippen molar-refractivity contribution in [2.45, 2.75) is 38.1 Å². The quantitative estimate of drug-likeness (QED) is 0.830. The molecule has 0 aliphatic rings. The second-order valence-electron chi connectivity index (χ2n) is 5.39. The standard InChI is InChI=1S/C14H23N3O3S/c1-5-17(14(3,4)10-15)21(19,20)13-8-6-12(7-9-13)16-11(2)18/h6-9H,5,10,15H2,1-4H3,(H,16,18). The molecule has 6 nitrogen and oxygen atoms in total. The average molecular weight is 313 g/mol. The van der Waals surface area contributed by atoms with Crippen LogP contribution in [0.25, 0.3) is 0 Å². The maximum atomic E-state index is 12.7. The van der Waals surface area contributed by atoms with E-state index in [2.05, 4.69) is 5.32 Å². The van der Waals surface area contributed by atoms with Gasteiger partial charge in [0.2, 0.25) is 15.9 Å². The minimum atomic E-state index is -3.63. The molecule has 21 heavy (non-hydrogen) atoms. The topological polar surface area (TPSA) is 92.5 Å². The molecule has 0 spiro atoms. The Kier molecular flexibility index (Phi) is 5.49. The van der Waals surface area contributed by atoms with Crippen LogP contribution in [0.3, 0.4) is 0 Å². The number of carbonyl (C=O) groups excluding carboxylic acids is 1. The van der Waals surface area contributed by atoms with Gasteiger partial charge in [-0.05, 0) is 38.1 Å². The van der Waals surface area contributed by atoms with Crippen LogP contribution in [0.4, 0.5) is 5.69 Å². The Balaban J connectivity index is 3.15. The first-order valence-electron chi connectivity index (χ1n) is 6.75. The highest BCUT2D eigenvalue weighted by atomic mass is 32.2. The molecule has 1 aromatic carbocycles. The van der Waals surface area contributed by atoms with Crippen LogP contribution in [0.15, 0.2) is 29.2 Å². The number of nitrogens with two attached hydrogens (primary N) is 1. The molecule has 0 radical (unpaired) electrons. The van der Waals surface area contributed by atoms with Crippen LogP contribution >= 0.6 is 0 Å². The summed E-state index contributed by atoms with van der Waals surface area (Å²) >= 11 is 0. The Morgan fingerprint density at radius 3 is 2.19 bits per heavy atom. The largest absolute Gasteiger partial charge is 0.329 e. The van der Waals surface area contributed by atoms with Crippen LogP contribution in [0.5, 0.6) is 0 Å². The van der Waals surface area contributed by atoms with E-state index in [1.807, 2.05) is 0 Å². The van der Waals surface area contributed by atoms with Crippen LogP contribution in [-0.4, -0.2) is 37.3 Å². The number of carbonyl (C=O) groups is 1. The lowest BCUT2D eigenvalue weighted by Crippen LogP contribution is -2.51. The first-order chi connectivity index (χ1) is 9.65. The molecule has 118 valence electrons. The number of amides is 1. The average Bonchev–Trinajstić information content (AvgIpc) is 2.38. The third-order valence-electron chi connectivity index (χ3n) is 3.22. The van der Waals surface area contributed by atoms with Crippen LogP contribution in [0.1, 0.15) is 27.7 Å². The number of nitrogens with zero attached hydrogens (tertiary/aromatic N) is 1. The molecule has 0 aliphatic carbocycles. The molecule has 0 aromatic heterocycles. The van der Waals surface area contributed by atoms with Gasteiger partial charge in [-0.15, -0.1) is 0 Å². The summed E-state index contributed by atoms with van der Waals surface area (Å²) < 4.78 is 26.8. The lowest BCUT2D eigenvalue weighted by Gasteiger charge is -2.35. The number of hydrogen-bond donors (Lipinski definition) is 2. The summed E-state index contributed by atoms with van der Waals surface area (Å²) in [6, 6.07) is 6.10. The van der Waals surface area contributed by atoms with E-state index < -0.39 is 15.6 Å². The van der Waals surface area contributed by atoms with Crippen molar-refractivity contribution in [3.63, 3.8) is 0 Å². The fourth-order valence-electron chi connectivity index (χ4n) is 2.07. The zero-order valence-electron chi connectivity index (χ0n) is 12.9. The van der Waals surface area contributed by atoms with E-state index in [0.29, 0.717) is 12.2 Å². The molecule has 1 aromatic rings. The molecule has 1 rings (SSSR count). The summed E-state index contributed by atoms with van der Waals surface area (Å²) in [7, 11) is -3.63. The molecule has 7 heteroatoms. The maximum Gasteiger partial charge on any atom is 0.243 e. The highest BCUT2D eigenvalue weighted by molar-refractivity contribution is 7.89. The Morgan fingerprint density at radius 2 is 1.81 bits per heavy atom. The van der Waals surface area contributed by atoms with E-state index >= 15 is 0 Å². The summed E-state index contributed by atoms with van der Waals surface area (Å²) in [5.74, 6) is -0.204. The minimum absolute atomic E-state index is 0.181. The Morgan fingerprint density at radius 1 is 1.29 bits per heavy atom. The van der Waals surface area contributed by atoms with E-state index in [0.717, 1.165) is 0 Å². The first kappa shape index (κ1) is 17.6. The van der Waals surface area contributed by atoms with Crippen LogP contribution < -0.4 is 11.1 Å². The minimum Gasteiger partial charge on any atom is -0.329 e. The van der Waals surface area contributed by atoms with E-state index in [1.54, 1.807) is 32.9 Å². The van der Waals surface area contributed by atoms with Gasteiger partial charge in [-0.2, -0.15) is 4.31 Å². The SMILES string of the molecule is CCN(C(C)(C)CN)S(=O)(=O)c1ccc(NC(C)=O)cc1.